The van der Waals surface area contributed by atoms with Gasteiger partial charge in [0.15, 0.2) is 0 Å². The largest absolute Gasteiger partial charge is 0.493 e. The van der Waals surface area contributed by atoms with Crippen LogP contribution in [0.3, 0.4) is 0 Å². The Morgan fingerprint density at radius 1 is 1.14 bits per heavy atom. The first-order chi connectivity index (χ1) is 18.0. The van der Waals surface area contributed by atoms with Crippen LogP contribution in [-0.2, 0) is 22.6 Å². The lowest BCUT2D eigenvalue weighted by atomic mass is 9.90. The van der Waals surface area contributed by atoms with E-state index in [0.717, 1.165) is 62.2 Å². The zero-order chi connectivity index (χ0) is 25.8. The summed E-state index contributed by atoms with van der Waals surface area (Å²) in [4.78, 5) is 25.7. The highest BCUT2D eigenvalue weighted by Crippen LogP contribution is 2.49. The molecule has 5 rings (SSSR count). The van der Waals surface area contributed by atoms with Gasteiger partial charge in [-0.05, 0) is 74.8 Å². The van der Waals surface area contributed by atoms with Crippen LogP contribution in [-0.4, -0.2) is 60.2 Å². The molecule has 0 radical (unpaired) electrons. The molecule has 200 valence electrons. The minimum atomic E-state index is -0.355. The second-order valence-electron chi connectivity index (χ2n) is 11.0. The minimum absolute atomic E-state index is 0.00989. The Bertz CT molecular complexity index is 1060. The number of carbonyl (C=O) groups excluding carboxylic acids is 1. The molecule has 1 aromatic carbocycles. The summed E-state index contributed by atoms with van der Waals surface area (Å²) >= 11 is 0. The summed E-state index contributed by atoms with van der Waals surface area (Å²) < 4.78 is 25.7. The summed E-state index contributed by atoms with van der Waals surface area (Å²) in [6.45, 7) is 5.98. The average molecular weight is 511 g/mol. The first-order valence-electron chi connectivity index (χ1n) is 13.8. The van der Waals surface area contributed by atoms with Crippen molar-refractivity contribution in [3.63, 3.8) is 0 Å². The molecule has 3 heterocycles. The maximum Gasteiger partial charge on any atom is 0.227 e. The number of halogens is 1. The van der Waals surface area contributed by atoms with E-state index >= 15 is 0 Å². The molecule has 0 spiro atoms. The molecule has 1 aromatic heterocycles. The molecule has 0 N–H and O–H groups in total. The predicted octanol–water partition coefficient (Wildman–Crippen LogP) is 4.64. The monoisotopic (exact) mass is 510 g/mol. The molecular weight excluding hydrogens is 471 g/mol. The van der Waals surface area contributed by atoms with Gasteiger partial charge in [0.25, 0.3) is 0 Å². The lowest BCUT2D eigenvalue weighted by molar-refractivity contribution is -0.131. The Morgan fingerprint density at radius 2 is 1.92 bits per heavy atom. The smallest absolute Gasteiger partial charge is 0.227 e. The van der Waals surface area contributed by atoms with E-state index in [0.29, 0.717) is 30.4 Å². The van der Waals surface area contributed by atoms with Gasteiger partial charge in [0.1, 0.15) is 11.6 Å². The number of anilines is 1. The minimum Gasteiger partial charge on any atom is -0.493 e. The fourth-order valence-electron chi connectivity index (χ4n) is 6.12. The molecule has 0 bridgehead atoms. The van der Waals surface area contributed by atoms with Gasteiger partial charge < -0.3 is 19.3 Å². The van der Waals surface area contributed by atoms with Crippen LogP contribution < -0.4 is 9.64 Å². The van der Waals surface area contributed by atoms with Crippen molar-refractivity contribution in [2.75, 3.05) is 38.3 Å². The van der Waals surface area contributed by atoms with Crippen LogP contribution in [0.5, 0.6) is 5.75 Å². The molecule has 2 saturated heterocycles. The van der Waals surface area contributed by atoms with Gasteiger partial charge in [-0.2, -0.15) is 0 Å². The third-order valence-electron chi connectivity index (χ3n) is 8.40. The molecule has 2 aromatic rings. The van der Waals surface area contributed by atoms with Crippen molar-refractivity contribution in [2.45, 2.75) is 64.5 Å². The fraction of sp³-hybridized carbons (Fsp3) is 0.621. The second-order valence-corrected chi connectivity index (χ2v) is 11.0. The van der Waals surface area contributed by atoms with Crippen molar-refractivity contribution < 1.29 is 18.7 Å². The number of nitrogens with zero attached hydrogens (tertiary/aromatic N) is 4. The number of piperidine rings is 1. The van der Waals surface area contributed by atoms with Crippen molar-refractivity contribution in [1.82, 2.24) is 14.9 Å². The molecule has 3 fully saturated rings. The Morgan fingerprint density at radius 3 is 2.59 bits per heavy atom. The van der Waals surface area contributed by atoms with Gasteiger partial charge in [-0.3, -0.25) is 4.79 Å². The Labute approximate surface area is 219 Å². The summed E-state index contributed by atoms with van der Waals surface area (Å²) in [6.07, 6.45) is 10.5. The third kappa shape index (κ3) is 6.40. The van der Waals surface area contributed by atoms with Gasteiger partial charge in [0.2, 0.25) is 11.9 Å². The molecule has 3 aliphatic rings. The Hall–Kier alpha value is -2.74. The summed E-state index contributed by atoms with van der Waals surface area (Å²) in [7, 11) is 1.67. The van der Waals surface area contributed by atoms with Gasteiger partial charge in [0.05, 0.1) is 19.6 Å². The van der Waals surface area contributed by atoms with E-state index in [2.05, 4.69) is 21.8 Å². The SMILES string of the molecule is COCc1cnc(N2CCC([C@@H]3C[C@@H]3CCOc3ccc(CC(=O)N4CCC[C@@H]4C)c(F)c3)CC2)nc1. The first-order valence-corrected chi connectivity index (χ1v) is 13.8. The number of methoxy groups -OCH3 is 1. The zero-order valence-corrected chi connectivity index (χ0v) is 22.1. The van der Waals surface area contributed by atoms with Gasteiger partial charge in [-0.15, -0.1) is 0 Å². The number of likely N-dealkylation sites (tertiary alicyclic amines) is 1. The third-order valence-corrected chi connectivity index (χ3v) is 8.40. The Kier molecular flexibility index (Phi) is 8.23. The van der Waals surface area contributed by atoms with E-state index in [9.17, 15) is 9.18 Å². The van der Waals surface area contributed by atoms with Crippen molar-refractivity contribution in [3.05, 3.63) is 47.5 Å². The molecule has 1 amide bonds. The normalized spacial score (nSPS) is 23.9. The number of hydrogen-bond donors (Lipinski definition) is 0. The summed E-state index contributed by atoms with van der Waals surface area (Å²) in [6, 6.07) is 5.18. The fourth-order valence-corrected chi connectivity index (χ4v) is 6.12. The molecular formula is C29H39FN4O3. The van der Waals surface area contributed by atoms with Crippen LogP contribution in [0.4, 0.5) is 10.3 Å². The maximum absolute atomic E-state index is 14.6. The van der Waals surface area contributed by atoms with Crippen LogP contribution in [0.15, 0.2) is 30.6 Å². The van der Waals surface area contributed by atoms with E-state index in [1.165, 1.54) is 25.3 Å². The number of rotatable bonds is 10. The predicted molar refractivity (Wildman–Crippen MR) is 140 cm³/mol. The Balaban J connectivity index is 1.01. The number of aromatic nitrogens is 2. The summed E-state index contributed by atoms with van der Waals surface area (Å²) in [5.74, 6) is 3.24. The van der Waals surface area contributed by atoms with Gasteiger partial charge in [-0.25, -0.2) is 14.4 Å². The van der Waals surface area contributed by atoms with Crippen molar-refractivity contribution in [3.8, 4) is 5.75 Å². The van der Waals surface area contributed by atoms with E-state index in [1.807, 2.05) is 17.3 Å². The average Bonchev–Trinajstić information content (AvgIpc) is 3.55. The lowest BCUT2D eigenvalue weighted by Gasteiger charge is -2.32. The van der Waals surface area contributed by atoms with Gasteiger partial charge in [-0.1, -0.05) is 6.07 Å². The van der Waals surface area contributed by atoms with E-state index < -0.39 is 0 Å². The van der Waals surface area contributed by atoms with Crippen LogP contribution in [0.25, 0.3) is 0 Å². The van der Waals surface area contributed by atoms with Crippen LogP contribution in [0.2, 0.25) is 0 Å². The molecule has 37 heavy (non-hydrogen) atoms. The highest BCUT2D eigenvalue weighted by Gasteiger charge is 2.43. The molecule has 0 unspecified atom stereocenters. The number of ether oxygens (including phenoxy) is 2. The van der Waals surface area contributed by atoms with Crippen molar-refractivity contribution in [2.24, 2.45) is 17.8 Å². The van der Waals surface area contributed by atoms with Crippen LogP contribution >= 0.6 is 0 Å². The van der Waals surface area contributed by atoms with E-state index in [4.69, 9.17) is 9.47 Å². The lowest BCUT2D eigenvalue weighted by Crippen LogP contribution is -2.35. The second kappa shape index (κ2) is 11.8. The van der Waals surface area contributed by atoms with E-state index in [-0.39, 0.29) is 24.2 Å². The number of amides is 1. The molecule has 2 aliphatic heterocycles. The molecule has 1 saturated carbocycles. The van der Waals surface area contributed by atoms with Crippen molar-refractivity contribution in [1.29, 1.82) is 0 Å². The first kappa shape index (κ1) is 25.9. The van der Waals surface area contributed by atoms with Crippen LogP contribution in [0, 0.1) is 23.6 Å². The van der Waals surface area contributed by atoms with Crippen LogP contribution in [0.1, 0.15) is 56.6 Å². The summed E-state index contributed by atoms with van der Waals surface area (Å²) in [5, 5.41) is 0. The highest BCUT2D eigenvalue weighted by atomic mass is 19.1. The molecule has 3 atom stereocenters. The van der Waals surface area contributed by atoms with E-state index in [1.54, 1.807) is 19.2 Å². The topological polar surface area (TPSA) is 67.8 Å². The zero-order valence-electron chi connectivity index (χ0n) is 22.1. The maximum atomic E-state index is 14.6. The number of carbonyl (C=O) groups is 1. The molecule has 1 aliphatic carbocycles. The standard InChI is InChI=1S/C29H39FN4O3/c1-20-4-3-10-34(20)28(35)15-24-5-6-25(16-27(24)30)37-13-9-23-14-26(23)22-7-11-33(12-8-22)29-31-17-21(18-32-29)19-36-2/h5-6,16-18,20,22-23,26H,3-4,7-15,19H2,1-2H3/t20-,23-,26-/m0/s1. The number of hydrogen-bond acceptors (Lipinski definition) is 6. The molecule has 7 nitrogen and oxygen atoms in total. The molecule has 8 heteroatoms. The highest BCUT2D eigenvalue weighted by molar-refractivity contribution is 5.79. The van der Waals surface area contributed by atoms with Gasteiger partial charge in [0, 0.05) is 56.8 Å². The quantitative estimate of drug-likeness (QED) is 0.464. The van der Waals surface area contributed by atoms with Crippen molar-refractivity contribution >= 4 is 11.9 Å². The number of benzene rings is 1. The van der Waals surface area contributed by atoms with Gasteiger partial charge >= 0.3 is 0 Å². The summed E-state index contributed by atoms with van der Waals surface area (Å²) in [5.41, 5.74) is 1.44.